The SMILES string of the molecule is COCC(=O)Nc1cccc(S(=O)(=O)NC(Cc2cccc(/C(N)=N\O)c2)c2nc3ccccc3s2)c1. The van der Waals surface area contributed by atoms with Crippen LogP contribution in [0.4, 0.5) is 5.69 Å². The van der Waals surface area contributed by atoms with Crippen LogP contribution in [0.2, 0.25) is 0 Å². The topological polar surface area (TPSA) is 156 Å². The van der Waals surface area contributed by atoms with Gasteiger partial charge in [-0.2, -0.15) is 0 Å². The molecule has 0 aliphatic heterocycles. The van der Waals surface area contributed by atoms with Crippen molar-refractivity contribution in [2.24, 2.45) is 10.9 Å². The quantitative estimate of drug-likeness (QED) is 0.104. The van der Waals surface area contributed by atoms with Crippen LogP contribution in [0.25, 0.3) is 10.2 Å². The number of fused-ring (bicyclic) bond motifs is 1. The summed E-state index contributed by atoms with van der Waals surface area (Å²) in [5, 5.41) is 15.3. The number of methoxy groups -OCH3 is 1. The maximum Gasteiger partial charge on any atom is 0.250 e. The molecule has 0 bridgehead atoms. The van der Waals surface area contributed by atoms with Gasteiger partial charge in [-0.3, -0.25) is 4.79 Å². The minimum Gasteiger partial charge on any atom is -0.409 e. The van der Waals surface area contributed by atoms with Crippen LogP contribution >= 0.6 is 11.3 Å². The van der Waals surface area contributed by atoms with E-state index in [0.29, 0.717) is 16.3 Å². The van der Waals surface area contributed by atoms with Crippen molar-refractivity contribution >= 4 is 49.0 Å². The fraction of sp³-hybridized carbons (Fsp3) is 0.160. The molecule has 1 aromatic heterocycles. The fourth-order valence-corrected chi connectivity index (χ4v) is 6.03. The van der Waals surface area contributed by atoms with Gasteiger partial charge in [-0.05, 0) is 48.4 Å². The summed E-state index contributed by atoms with van der Waals surface area (Å²) in [5.41, 5.74) is 8.10. The lowest BCUT2D eigenvalue weighted by Crippen LogP contribution is -2.30. The number of nitrogens with two attached hydrogens (primary N) is 1. The number of thiazole rings is 1. The molecular formula is C25H25N5O5S2. The molecule has 1 atom stereocenters. The molecule has 4 rings (SSSR count). The van der Waals surface area contributed by atoms with Crippen molar-refractivity contribution in [1.29, 1.82) is 0 Å². The number of oxime groups is 1. The van der Waals surface area contributed by atoms with Crippen LogP contribution < -0.4 is 15.8 Å². The third-order valence-corrected chi connectivity index (χ3v) is 8.00. The summed E-state index contributed by atoms with van der Waals surface area (Å²) in [5.74, 6) is -0.450. The summed E-state index contributed by atoms with van der Waals surface area (Å²) in [4.78, 5) is 16.5. The third-order valence-electron chi connectivity index (χ3n) is 5.38. The van der Waals surface area contributed by atoms with Crippen LogP contribution in [0.1, 0.15) is 22.2 Å². The van der Waals surface area contributed by atoms with Crippen molar-refractivity contribution in [3.63, 3.8) is 0 Å². The van der Waals surface area contributed by atoms with Crippen LogP contribution in [-0.2, 0) is 26.0 Å². The van der Waals surface area contributed by atoms with Crippen molar-refractivity contribution in [2.75, 3.05) is 19.0 Å². The molecule has 0 saturated heterocycles. The highest BCUT2D eigenvalue weighted by Crippen LogP contribution is 2.30. The number of nitrogens with zero attached hydrogens (tertiary/aromatic N) is 2. The second kappa shape index (κ2) is 11.5. The minimum absolute atomic E-state index is 0.0146. The average Bonchev–Trinajstić information content (AvgIpc) is 3.33. The Morgan fingerprint density at radius 1 is 1.14 bits per heavy atom. The first-order chi connectivity index (χ1) is 17.8. The number of amides is 1. The zero-order valence-electron chi connectivity index (χ0n) is 19.8. The first-order valence-electron chi connectivity index (χ1n) is 11.1. The molecule has 1 unspecified atom stereocenters. The van der Waals surface area contributed by atoms with Gasteiger partial charge < -0.3 is 21.0 Å². The van der Waals surface area contributed by atoms with E-state index in [2.05, 4.69) is 20.2 Å². The fourth-order valence-electron chi connectivity index (χ4n) is 3.69. The Morgan fingerprint density at radius 3 is 2.68 bits per heavy atom. The van der Waals surface area contributed by atoms with Gasteiger partial charge in [-0.25, -0.2) is 18.1 Å². The van der Waals surface area contributed by atoms with Crippen LogP contribution in [0.3, 0.4) is 0 Å². The Bertz CT molecular complexity index is 1520. The number of para-hydroxylation sites is 1. The number of carbonyl (C=O) groups is 1. The van der Waals surface area contributed by atoms with Gasteiger partial charge >= 0.3 is 0 Å². The van der Waals surface area contributed by atoms with Crippen LogP contribution in [0.15, 0.2) is 82.8 Å². The highest BCUT2D eigenvalue weighted by Gasteiger charge is 2.25. The molecule has 37 heavy (non-hydrogen) atoms. The monoisotopic (exact) mass is 539 g/mol. The summed E-state index contributed by atoms with van der Waals surface area (Å²) in [6, 6.07) is 19.8. The standard InChI is InChI=1S/C25H25N5O5S2/c1-35-15-23(31)27-18-8-5-9-19(14-18)37(33,34)30-21(25-28-20-10-2-3-11-22(20)36-25)13-16-6-4-7-17(12-16)24(26)29-32/h2-12,14,21,30,32H,13,15H2,1H3,(H2,26,29)(H,27,31). The zero-order chi connectivity index (χ0) is 26.4. The van der Waals surface area contributed by atoms with Gasteiger partial charge in [0, 0.05) is 18.4 Å². The van der Waals surface area contributed by atoms with Gasteiger partial charge in [-0.15, -0.1) is 11.3 Å². The molecule has 0 saturated carbocycles. The molecule has 5 N–H and O–H groups in total. The predicted molar refractivity (Wildman–Crippen MR) is 142 cm³/mol. The van der Waals surface area contributed by atoms with Crippen LogP contribution in [-0.4, -0.2) is 44.1 Å². The Hall–Kier alpha value is -3.84. The number of aromatic nitrogens is 1. The Labute approximate surface area is 217 Å². The second-order valence-corrected chi connectivity index (χ2v) is 10.9. The van der Waals surface area contributed by atoms with Gasteiger partial charge in [-0.1, -0.05) is 41.6 Å². The molecule has 1 heterocycles. The highest BCUT2D eigenvalue weighted by molar-refractivity contribution is 7.89. The van der Waals surface area contributed by atoms with E-state index >= 15 is 0 Å². The molecule has 3 aromatic carbocycles. The molecule has 0 fully saturated rings. The van der Waals surface area contributed by atoms with Gasteiger partial charge in [0.2, 0.25) is 15.9 Å². The van der Waals surface area contributed by atoms with Crippen molar-refractivity contribution in [1.82, 2.24) is 9.71 Å². The maximum atomic E-state index is 13.5. The average molecular weight is 540 g/mol. The van der Waals surface area contributed by atoms with E-state index < -0.39 is 22.0 Å². The normalized spacial score (nSPS) is 12.9. The number of anilines is 1. The van der Waals surface area contributed by atoms with Gasteiger partial charge in [0.25, 0.3) is 0 Å². The van der Waals surface area contributed by atoms with Crippen LogP contribution in [0, 0.1) is 0 Å². The second-order valence-electron chi connectivity index (χ2n) is 8.09. The first kappa shape index (κ1) is 26.2. The lowest BCUT2D eigenvalue weighted by Gasteiger charge is -2.18. The lowest BCUT2D eigenvalue weighted by molar-refractivity contribution is -0.119. The van der Waals surface area contributed by atoms with Gasteiger partial charge in [0.05, 0.1) is 21.2 Å². The molecule has 12 heteroatoms. The van der Waals surface area contributed by atoms with Gasteiger partial charge in [0.1, 0.15) is 11.6 Å². The van der Waals surface area contributed by atoms with Gasteiger partial charge in [0.15, 0.2) is 5.84 Å². The van der Waals surface area contributed by atoms with Crippen LogP contribution in [0.5, 0.6) is 0 Å². The Balaban J connectivity index is 1.67. The van der Waals surface area contributed by atoms with E-state index in [9.17, 15) is 13.2 Å². The van der Waals surface area contributed by atoms with E-state index in [4.69, 9.17) is 15.7 Å². The Morgan fingerprint density at radius 2 is 1.92 bits per heavy atom. The number of rotatable bonds is 10. The zero-order valence-corrected chi connectivity index (χ0v) is 21.4. The summed E-state index contributed by atoms with van der Waals surface area (Å²) >= 11 is 1.40. The number of hydrogen-bond donors (Lipinski definition) is 4. The smallest absolute Gasteiger partial charge is 0.250 e. The third kappa shape index (κ3) is 6.49. The number of carbonyl (C=O) groups excluding carboxylic acids is 1. The molecule has 1 amide bonds. The minimum atomic E-state index is -4.02. The molecule has 10 nitrogen and oxygen atoms in total. The molecule has 0 aliphatic carbocycles. The van der Waals surface area contributed by atoms with Crippen molar-refractivity contribution in [3.05, 3.63) is 88.9 Å². The lowest BCUT2D eigenvalue weighted by atomic mass is 10.0. The van der Waals surface area contributed by atoms with E-state index in [0.717, 1.165) is 15.8 Å². The number of benzene rings is 3. The number of ether oxygens (including phenoxy) is 1. The Kier molecular flexibility index (Phi) is 8.14. The van der Waals surface area contributed by atoms with Crippen molar-refractivity contribution < 1.29 is 23.2 Å². The highest BCUT2D eigenvalue weighted by atomic mass is 32.2. The number of amidine groups is 1. The molecule has 0 radical (unpaired) electrons. The summed E-state index contributed by atoms with van der Waals surface area (Å²) < 4.78 is 35.4. The van der Waals surface area contributed by atoms with E-state index in [1.165, 1.54) is 30.6 Å². The van der Waals surface area contributed by atoms with E-state index in [1.54, 1.807) is 30.3 Å². The number of nitrogens with one attached hydrogen (secondary N) is 2. The summed E-state index contributed by atoms with van der Waals surface area (Å²) in [6.07, 6.45) is 0.260. The molecule has 0 spiro atoms. The molecule has 192 valence electrons. The summed E-state index contributed by atoms with van der Waals surface area (Å²) in [7, 11) is -2.63. The molecule has 0 aliphatic rings. The van der Waals surface area contributed by atoms with Crippen molar-refractivity contribution in [2.45, 2.75) is 17.4 Å². The predicted octanol–water partition coefficient (Wildman–Crippen LogP) is 3.24. The molecular weight excluding hydrogens is 514 g/mol. The largest absolute Gasteiger partial charge is 0.409 e. The van der Waals surface area contributed by atoms with Crippen molar-refractivity contribution in [3.8, 4) is 0 Å². The number of hydrogen-bond acceptors (Lipinski definition) is 8. The van der Waals surface area contributed by atoms with E-state index in [-0.39, 0.29) is 23.8 Å². The number of sulfonamides is 1. The molecule has 4 aromatic rings. The summed E-state index contributed by atoms with van der Waals surface area (Å²) in [6.45, 7) is -0.153. The van der Waals surface area contributed by atoms with E-state index in [1.807, 2.05) is 30.3 Å². The first-order valence-corrected chi connectivity index (χ1v) is 13.4. The maximum absolute atomic E-state index is 13.5.